The first-order chi connectivity index (χ1) is 22.4. The number of rotatable bonds is 3. The van der Waals surface area contributed by atoms with Gasteiger partial charge in [0.05, 0.1) is 16.5 Å². The van der Waals surface area contributed by atoms with Crippen LogP contribution in [-0.4, -0.2) is 24.9 Å². The van der Waals surface area contributed by atoms with Gasteiger partial charge in [-0.2, -0.15) is 0 Å². The molecule has 218 valence electrons. The van der Waals surface area contributed by atoms with Crippen LogP contribution < -0.4 is 37.2 Å². The number of carbonyl (C=O) groups is 1. The van der Waals surface area contributed by atoms with Crippen LogP contribution in [0.25, 0.3) is 32.7 Å². The molecule has 0 atom stereocenters. The van der Waals surface area contributed by atoms with Gasteiger partial charge in [0.25, 0.3) is 0 Å². The molecule has 1 aliphatic carbocycles. The lowest BCUT2D eigenvalue weighted by atomic mass is 9.65. The number of carbonyl (C=O) groups excluding carboxylic acids is 1. The molecule has 9 rings (SSSR count). The van der Waals surface area contributed by atoms with Crippen LogP contribution in [0.2, 0.25) is 0 Å². The van der Waals surface area contributed by atoms with Crippen LogP contribution in [0.1, 0.15) is 16.7 Å². The summed E-state index contributed by atoms with van der Waals surface area (Å²) in [6.45, 7) is 3.62. The maximum absolute atomic E-state index is 14.2. The predicted molar refractivity (Wildman–Crippen MR) is 191 cm³/mol. The first-order valence-electron chi connectivity index (χ1n) is 15.6. The van der Waals surface area contributed by atoms with Crippen molar-refractivity contribution in [2.45, 2.75) is 13.8 Å². The first kappa shape index (κ1) is 26.6. The molecule has 3 aliphatic rings. The Kier molecular flexibility index (Phi) is 5.72. The summed E-state index contributed by atoms with van der Waals surface area (Å²) < 4.78 is 0. The average molecular weight is 594 g/mol. The maximum atomic E-state index is 14.2. The van der Waals surface area contributed by atoms with Gasteiger partial charge in [0.2, 0.25) is 5.78 Å². The molecule has 2 aliphatic heterocycles. The monoisotopic (exact) mass is 594 g/mol. The lowest BCUT2D eigenvalue weighted by molar-refractivity contribution is -0.109. The van der Waals surface area contributed by atoms with Crippen molar-refractivity contribution in [3.05, 3.63) is 142 Å². The fourth-order valence-corrected chi connectivity index (χ4v) is 7.05. The van der Waals surface area contributed by atoms with Crippen molar-refractivity contribution in [2.24, 2.45) is 4.90 Å². The SMILES string of the molecule is Cc1ccc(B2N=c3/c(=C4/C(=O)C(c5ccc6cccc7c6c5NB(c5ccc(C)cc5)N7)=C4O)ccc4cccc(c34)N2)cc1. The Labute approximate surface area is 266 Å². The zero-order valence-electron chi connectivity index (χ0n) is 25.3. The molecular weight excluding hydrogens is 566 g/mol. The topological polar surface area (TPSA) is 85.8 Å². The fourth-order valence-electron chi connectivity index (χ4n) is 7.05. The van der Waals surface area contributed by atoms with Crippen LogP contribution in [0.15, 0.2) is 120 Å². The van der Waals surface area contributed by atoms with Gasteiger partial charge >= 0.3 is 14.0 Å². The highest BCUT2D eigenvalue weighted by molar-refractivity contribution is 6.80. The third-order valence-electron chi connectivity index (χ3n) is 9.47. The van der Waals surface area contributed by atoms with Crippen molar-refractivity contribution in [1.82, 2.24) is 0 Å². The van der Waals surface area contributed by atoms with Crippen molar-refractivity contribution in [1.29, 1.82) is 0 Å². The normalized spacial score (nSPS) is 16.1. The highest BCUT2D eigenvalue weighted by Gasteiger charge is 2.39. The number of allylic oxidation sites excluding steroid dienone is 2. The second-order valence-corrected chi connectivity index (χ2v) is 12.4. The Morgan fingerprint density at radius 2 is 1.26 bits per heavy atom. The molecule has 0 spiro atoms. The fraction of sp³-hybridized carbons (Fsp3) is 0.0526. The van der Waals surface area contributed by atoms with Crippen LogP contribution in [0.5, 0.6) is 0 Å². The van der Waals surface area contributed by atoms with E-state index in [4.69, 9.17) is 4.90 Å². The van der Waals surface area contributed by atoms with Crippen LogP contribution in [0.3, 0.4) is 0 Å². The zero-order valence-corrected chi connectivity index (χ0v) is 25.3. The van der Waals surface area contributed by atoms with Crippen LogP contribution in [0, 0.1) is 13.8 Å². The number of nitrogens with zero attached hydrogens (tertiary/aromatic N) is 1. The molecule has 0 amide bonds. The molecular formula is C38H28B2N4O2. The summed E-state index contributed by atoms with van der Waals surface area (Å²) in [5.74, 6) is -0.189. The van der Waals surface area contributed by atoms with Crippen molar-refractivity contribution < 1.29 is 9.90 Å². The number of aliphatic hydroxyl groups excluding tert-OH is 1. The van der Waals surface area contributed by atoms with Crippen molar-refractivity contribution in [2.75, 3.05) is 15.7 Å². The first-order valence-corrected chi connectivity index (χ1v) is 15.6. The summed E-state index contributed by atoms with van der Waals surface area (Å²) in [7, 11) is 0. The van der Waals surface area contributed by atoms with Gasteiger partial charge in [0.1, 0.15) is 5.76 Å². The minimum atomic E-state index is -0.319. The Morgan fingerprint density at radius 3 is 1.96 bits per heavy atom. The van der Waals surface area contributed by atoms with Gasteiger partial charge in [-0.25, -0.2) is 0 Å². The van der Waals surface area contributed by atoms with E-state index in [0.29, 0.717) is 21.9 Å². The van der Waals surface area contributed by atoms with Gasteiger partial charge in [-0.05, 0) is 47.7 Å². The number of Topliss-reactive ketones (excluding diaryl/α,β-unsaturated/α-hetero) is 1. The number of ketones is 1. The second-order valence-electron chi connectivity index (χ2n) is 12.4. The molecule has 4 N–H and O–H groups in total. The van der Waals surface area contributed by atoms with E-state index in [1.807, 2.05) is 48.5 Å². The van der Waals surface area contributed by atoms with Gasteiger partial charge in [-0.3, -0.25) is 4.79 Å². The van der Waals surface area contributed by atoms with E-state index in [1.165, 1.54) is 11.1 Å². The molecule has 0 aromatic heterocycles. The number of hydrogen-bond donors (Lipinski definition) is 4. The summed E-state index contributed by atoms with van der Waals surface area (Å²) in [5, 5.41) is 28.0. The van der Waals surface area contributed by atoms with E-state index in [2.05, 4.69) is 90.2 Å². The van der Waals surface area contributed by atoms with E-state index in [-0.39, 0.29) is 25.5 Å². The van der Waals surface area contributed by atoms with Gasteiger partial charge in [0, 0.05) is 38.6 Å². The van der Waals surface area contributed by atoms with Crippen LogP contribution in [-0.2, 0) is 4.79 Å². The van der Waals surface area contributed by atoms with Crippen LogP contribution >= 0.6 is 0 Å². The molecule has 0 saturated carbocycles. The summed E-state index contributed by atoms with van der Waals surface area (Å²) in [5.41, 5.74) is 8.57. The maximum Gasteiger partial charge on any atom is 0.427 e. The molecule has 6 nitrogen and oxygen atoms in total. The number of aliphatic hydroxyl groups is 1. The van der Waals surface area contributed by atoms with Crippen molar-refractivity contribution >= 4 is 80.4 Å². The van der Waals surface area contributed by atoms with Gasteiger partial charge in [-0.15, -0.1) is 0 Å². The largest absolute Gasteiger partial charge is 0.506 e. The molecule has 0 bridgehead atoms. The zero-order chi connectivity index (χ0) is 31.1. The highest BCUT2D eigenvalue weighted by Crippen LogP contribution is 2.45. The molecule has 6 aromatic rings. The van der Waals surface area contributed by atoms with E-state index in [0.717, 1.165) is 54.9 Å². The molecule has 0 fully saturated rings. The number of nitrogens with one attached hydrogen (secondary N) is 3. The van der Waals surface area contributed by atoms with Crippen molar-refractivity contribution in [3.8, 4) is 0 Å². The summed E-state index contributed by atoms with van der Waals surface area (Å²) in [4.78, 5) is 19.3. The number of benzene rings is 6. The average Bonchev–Trinajstić information content (AvgIpc) is 3.08. The molecule has 46 heavy (non-hydrogen) atoms. The van der Waals surface area contributed by atoms with Gasteiger partial charge in [0.15, 0.2) is 0 Å². The Hall–Kier alpha value is -5.75. The van der Waals surface area contributed by atoms with Gasteiger partial charge < -0.3 is 25.7 Å². The van der Waals surface area contributed by atoms with E-state index >= 15 is 0 Å². The highest BCUT2D eigenvalue weighted by atomic mass is 16.3. The lowest BCUT2D eigenvalue weighted by Gasteiger charge is -2.31. The summed E-state index contributed by atoms with van der Waals surface area (Å²) in [6.07, 6.45) is 0. The quantitative estimate of drug-likeness (QED) is 0.217. The number of aryl methyl sites for hydroxylation is 2. The molecule has 8 heteroatoms. The molecule has 6 aromatic carbocycles. The number of hydrogen-bond acceptors (Lipinski definition) is 6. The molecule has 0 unspecified atom stereocenters. The van der Waals surface area contributed by atoms with E-state index < -0.39 is 0 Å². The Balaban J connectivity index is 1.24. The summed E-state index contributed by atoms with van der Waals surface area (Å²) >= 11 is 0. The molecule has 0 radical (unpaired) electrons. The third-order valence-corrected chi connectivity index (χ3v) is 9.47. The van der Waals surface area contributed by atoms with Crippen molar-refractivity contribution in [3.63, 3.8) is 0 Å². The second kappa shape index (κ2) is 9.88. The Bertz CT molecular complexity index is 2460. The predicted octanol–water partition coefficient (Wildman–Crippen LogP) is 4.99. The summed E-state index contributed by atoms with van der Waals surface area (Å²) in [6, 6.07) is 36.8. The van der Waals surface area contributed by atoms with E-state index in [9.17, 15) is 9.90 Å². The third kappa shape index (κ3) is 3.93. The standard InChI is InChI=1S/C38H28B2N4O2/c1-21-9-15-25(16-10-21)39-41-29-7-3-5-23-13-19-27(35(43-39)31(23)29)33-37(45)34(38(33)46)28-20-14-24-6-4-8-30-32(24)36(28)44-40(42-30)26-17-11-22(2)12-18-26/h3-20,41-43,45H,1-2H3/b34-28+. The lowest BCUT2D eigenvalue weighted by Crippen LogP contribution is -2.48. The number of anilines is 3. The minimum Gasteiger partial charge on any atom is -0.506 e. The van der Waals surface area contributed by atoms with Crippen LogP contribution in [0.4, 0.5) is 17.1 Å². The van der Waals surface area contributed by atoms with Gasteiger partial charge in [-0.1, -0.05) is 108 Å². The smallest absolute Gasteiger partial charge is 0.427 e. The van der Waals surface area contributed by atoms with E-state index in [1.54, 1.807) is 0 Å². The molecule has 0 saturated heterocycles. The Morgan fingerprint density at radius 1 is 0.630 bits per heavy atom. The molecule has 2 heterocycles. The minimum absolute atomic E-state index is 0.000927.